The van der Waals surface area contributed by atoms with E-state index in [-0.39, 0.29) is 13.0 Å². The number of carbonyl (C=O) groups is 4. The maximum atomic E-state index is 12.2. The highest BCUT2D eigenvalue weighted by Crippen LogP contribution is 2.22. The summed E-state index contributed by atoms with van der Waals surface area (Å²) in [6.07, 6.45) is -1.19. The third-order valence-corrected chi connectivity index (χ3v) is 4.14. The molecule has 0 aromatic heterocycles. The normalized spacial score (nSPS) is 13.9. The van der Waals surface area contributed by atoms with Gasteiger partial charge in [-0.05, 0) is 31.2 Å². The fourth-order valence-electron chi connectivity index (χ4n) is 2.72. The summed E-state index contributed by atoms with van der Waals surface area (Å²) in [7, 11) is 0. The van der Waals surface area contributed by atoms with Crippen molar-refractivity contribution in [1.82, 2.24) is 4.90 Å². The average molecular weight is 366 g/mol. The van der Waals surface area contributed by atoms with Crippen LogP contribution in [0.3, 0.4) is 0 Å². The SMILES string of the molecule is CC(OC(=O)CCN1C(=O)c2ccccc2C1=O)C(=O)Nc1ccccc1. The lowest BCUT2D eigenvalue weighted by Crippen LogP contribution is -2.34. The van der Waals surface area contributed by atoms with Gasteiger partial charge < -0.3 is 10.1 Å². The molecule has 3 amide bonds. The standard InChI is InChI=1S/C20H18N2O5/c1-13(18(24)21-14-7-3-2-4-8-14)27-17(23)11-12-22-19(25)15-9-5-6-10-16(15)20(22)26/h2-10,13H,11-12H2,1H3,(H,21,24). The number of nitrogens with zero attached hydrogens (tertiary/aromatic N) is 1. The second-order valence-electron chi connectivity index (χ2n) is 6.04. The summed E-state index contributed by atoms with van der Waals surface area (Å²) in [4.78, 5) is 49.6. The van der Waals surface area contributed by atoms with E-state index in [2.05, 4.69) is 5.32 Å². The van der Waals surface area contributed by atoms with Crippen LogP contribution in [0.1, 0.15) is 34.1 Å². The number of amides is 3. The maximum absolute atomic E-state index is 12.2. The Labute approximate surface area is 155 Å². The zero-order valence-electron chi connectivity index (χ0n) is 14.7. The molecule has 7 nitrogen and oxygen atoms in total. The van der Waals surface area contributed by atoms with Gasteiger partial charge in [-0.1, -0.05) is 30.3 Å². The number of hydrogen-bond acceptors (Lipinski definition) is 5. The highest BCUT2D eigenvalue weighted by Gasteiger charge is 2.35. The summed E-state index contributed by atoms with van der Waals surface area (Å²) in [5.41, 5.74) is 1.24. The van der Waals surface area contributed by atoms with Crippen LogP contribution in [0, 0.1) is 0 Å². The van der Waals surface area contributed by atoms with E-state index in [4.69, 9.17) is 4.74 Å². The van der Waals surface area contributed by atoms with E-state index >= 15 is 0 Å². The lowest BCUT2D eigenvalue weighted by molar-refractivity contribution is -0.153. The third kappa shape index (κ3) is 4.03. The zero-order chi connectivity index (χ0) is 19.4. The fraction of sp³-hybridized carbons (Fsp3) is 0.200. The zero-order valence-corrected chi connectivity index (χ0v) is 14.7. The summed E-state index contributed by atoms with van der Waals surface area (Å²) in [6, 6.07) is 15.3. The molecule has 0 saturated carbocycles. The molecule has 2 aromatic rings. The van der Waals surface area contributed by atoms with Crippen molar-refractivity contribution in [3.05, 3.63) is 65.7 Å². The first kappa shape index (κ1) is 18.3. The van der Waals surface area contributed by atoms with Crippen molar-refractivity contribution in [2.75, 3.05) is 11.9 Å². The van der Waals surface area contributed by atoms with Crippen LogP contribution < -0.4 is 5.32 Å². The predicted molar refractivity (Wildman–Crippen MR) is 97.1 cm³/mol. The Bertz CT molecular complexity index is 859. The molecule has 0 radical (unpaired) electrons. The van der Waals surface area contributed by atoms with Crippen molar-refractivity contribution in [1.29, 1.82) is 0 Å². The summed E-state index contributed by atoms with van der Waals surface area (Å²) in [5.74, 6) is -1.99. The molecule has 1 aliphatic heterocycles. The van der Waals surface area contributed by atoms with Crippen LogP contribution in [-0.4, -0.2) is 41.2 Å². The Morgan fingerprint density at radius 2 is 1.52 bits per heavy atom. The summed E-state index contributed by atoms with van der Waals surface area (Å²) < 4.78 is 5.09. The van der Waals surface area contributed by atoms with Crippen molar-refractivity contribution in [2.24, 2.45) is 0 Å². The van der Waals surface area contributed by atoms with E-state index < -0.39 is 29.8 Å². The molecular formula is C20H18N2O5. The van der Waals surface area contributed by atoms with Gasteiger partial charge in [0, 0.05) is 12.2 Å². The molecule has 1 atom stereocenters. The Balaban J connectivity index is 1.51. The molecule has 2 aromatic carbocycles. The van der Waals surface area contributed by atoms with Gasteiger partial charge in [-0.3, -0.25) is 24.1 Å². The minimum absolute atomic E-state index is 0.0990. The number of anilines is 1. The molecule has 3 rings (SSSR count). The minimum atomic E-state index is -1.00. The van der Waals surface area contributed by atoms with Crippen LogP contribution in [0.15, 0.2) is 54.6 Å². The molecule has 27 heavy (non-hydrogen) atoms. The number of fused-ring (bicyclic) bond motifs is 1. The number of nitrogens with one attached hydrogen (secondary N) is 1. The maximum Gasteiger partial charge on any atom is 0.308 e. The van der Waals surface area contributed by atoms with Crippen molar-refractivity contribution in [3.63, 3.8) is 0 Å². The Morgan fingerprint density at radius 1 is 0.963 bits per heavy atom. The van der Waals surface area contributed by atoms with Crippen molar-refractivity contribution >= 4 is 29.4 Å². The predicted octanol–water partition coefficient (Wildman–Crippen LogP) is 2.24. The van der Waals surface area contributed by atoms with Crippen molar-refractivity contribution < 1.29 is 23.9 Å². The molecule has 0 aliphatic carbocycles. The van der Waals surface area contributed by atoms with Gasteiger partial charge in [0.15, 0.2) is 6.10 Å². The van der Waals surface area contributed by atoms with Crippen LogP contribution in [0.2, 0.25) is 0 Å². The highest BCUT2D eigenvalue weighted by atomic mass is 16.5. The summed E-state index contributed by atoms with van der Waals surface area (Å²) in [5, 5.41) is 2.64. The van der Waals surface area contributed by atoms with E-state index in [9.17, 15) is 19.2 Å². The number of imide groups is 1. The largest absolute Gasteiger partial charge is 0.452 e. The van der Waals surface area contributed by atoms with Crippen LogP contribution >= 0.6 is 0 Å². The van der Waals surface area contributed by atoms with Crippen LogP contribution in [0.5, 0.6) is 0 Å². The van der Waals surface area contributed by atoms with Gasteiger partial charge in [0.1, 0.15) is 0 Å². The lowest BCUT2D eigenvalue weighted by atomic mass is 10.1. The number of rotatable bonds is 6. The van der Waals surface area contributed by atoms with Crippen molar-refractivity contribution in [3.8, 4) is 0 Å². The lowest BCUT2D eigenvalue weighted by Gasteiger charge is -2.16. The van der Waals surface area contributed by atoms with E-state index in [0.717, 1.165) is 4.90 Å². The number of benzene rings is 2. The summed E-state index contributed by atoms with van der Waals surface area (Å²) in [6.45, 7) is 1.36. The van der Waals surface area contributed by atoms with Gasteiger partial charge in [0.25, 0.3) is 17.7 Å². The van der Waals surface area contributed by atoms with Crippen LogP contribution in [0.25, 0.3) is 0 Å². The molecule has 1 heterocycles. The first-order chi connectivity index (χ1) is 13.0. The molecule has 0 saturated heterocycles. The second-order valence-corrected chi connectivity index (χ2v) is 6.04. The average Bonchev–Trinajstić information content (AvgIpc) is 2.91. The Hall–Kier alpha value is -3.48. The van der Waals surface area contributed by atoms with E-state index in [1.807, 2.05) is 6.07 Å². The molecular weight excluding hydrogens is 348 g/mol. The van der Waals surface area contributed by atoms with Crippen molar-refractivity contribution in [2.45, 2.75) is 19.4 Å². The number of ether oxygens (including phenoxy) is 1. The molecule has 0 fully saturated rings. The molecule has 7 heteroatoms. The smallest absolute Gasteiger partial charge is 0.308 e. The fourth-order valence-corrected chi connectivity index (χ4v) is 2.72. The first-order valence-electron chi connectivity index (χ1n) is 8.48. The molecule has 1 aliphatic rings. The van der Waals surface area contributed by atoms with Gasteiger partial charge in [0.05, 0.1) is 17.5 Å². The van der Waals surface area contributed by atoms with Gasteiger partial charge in [-0.15, -0.1) is 0 Å². The van der Waals surface area contributed by atoms with Gasteiger partial charge in [-0.2, -0.15) is 0 Å². The van der Waals surface area contributed by atoms with E-state index in [1.165, 1.54) is 6.92 Å². The van der Waals surface area contributed by atoms with Gasteiger partial charge in [-0.25, -0.2) is 0 Å². The molecule has 1 N–H and O–H groups in total. The molecule has 138 valence electrons. The Morgan fingerprint density at radius 3 is 2.11 bits per heavy atom. The minimum Gasteiger partial charge on any atom is -0.452 e. The molecule has 0 bridgehead atoms. The summed E-state index contributed by atoms with van der Waals surface area (Å²) >= 11 is 0. The van der Waals surface area contributed by atoms with Crippen LogP contribution in [0.4, 0.5) is 5.69 Å². The first-order valence-corrected chi connectivity index (χ1v) is 8.48. The van der Waals surface area contributed by atoms with E-state index in [0.29, 0.717) is 16.8 Å². The van der Waals surface area contributed by atoms with Gasteiger partial charge in [0.2, 0.25) is 0 Å². The number of carbonyl (C=O) groups excluding carboxylic acids is 4. The van der Waals surface area contributed by atoms with E-state index in [1.54, 1.807) is 48.5 Å². The quantitative estimate of drug-likeness (QED) is 0.625. The molecule has 0 spiro atoms. The number of esters is 1. The number of para-hydroxylation sites is 1. The second kappa shape index (κ2) is 7.82. The number of hydrogen-bond donors (Lipinski definition) is 1. The topological polar surface area (TPSA) is 92.8 Å². The Kier molecular flexibility index (Phi) is 5.30. The van der Waals surface area contributed by atoms with Gasteiger partial charge >= 0.3 is 5.97 Å². The van der Waals surface area contributed by atoms with Crippen LogP contribution in [-0.2, 0) is 14.3 Å². The monoisotopic (exact) mass is 366 g/mol. The third-order valence-electron chi connectivity index (χ3n) is 4.14. The molecule has 1 unspecified atom stereocenters. The highest BCUT2D eigenvalue weighted by molar-refractivity contribution is 6.21.